The number of carbonyl (C=O) groups excluding carboxylic acids is 2. The van der Waals surface area contributed by atoms with Gasteiger partial charge in [-0.05, 0) is 54.6 Å². The molecule has 1 saturated heterocycles. The molecule has 1 aliphatic rings. The molecule has 2 aromatic heterocycles. The summed E-state index contributed by atoms with van der Waals surface area (Å²) in [6.07, 6.45) is 2.06. The maximum Gasteiger partial charge on any atom is 0.295 e. The second kappa shape index (κ2) is 8.76. The molecule has 0 aliphatic carbocycles. The van der Waals surface area contributed by atoms with Gasteiger partial charge in [-0.15, -0.1) is 16.4 Å². The lowest BCUT2D eigenvalue weighted by molar-refractivity contribution is 0.0792. The smallest absolute Gasteiger partial charge is 0.295 e. The molecule has 8 heteroatoms. The van der Waals surface area contributed by atoms with Crippen LogP contribution in [0, 0.1) is 0 Å². The van der Waals surface area contributed by atoms with Crippen LogP contribution in [0.25, 0.3) is 16.4 Å². The molecule has 2 amide bonds. The predicted octanol–water partition coefficient (Wildman–Crippen LogP) is 4.48. The molecule has 7 nitrogen and oxygen atoms in total. The molecule has 5 rings (SSSR count). The quantitative estimate of drug-likeness (QED) is 0.493. The van der Waals surface area contributed by atoms with Gasteiger partial charge in [0.05, 0.1) is 10.6 Å². The third-order valence-corrected chi connectivity index (χ3v) is 6.18. The molecule has 1 N–H and O–H groups in total. The molecule has 160 valence electrons. The van der Waals surface area contributed by atoms with E-state index in [1.165, 1.54) is 11.3 Å². The number of anilines is 1. The third kappa shape index (κ3) is 4.04. The fraction of sp³-hybridized carbons (Fsp3) is 0.167. The summed E-state index contributed by atoms with van der Waals surface area (Å²) in [5.41, 5.74) is 1.92. The summed E-state index contributed by atoms with van der Waals surface area (Å²) in [6, 6.07) is 20.5. The van der Waals surface area contributed by atoms with Crippen molar-refractivity contribution < 1.29 is 9.59 Å². The predicted molar refractivity (Wildman–Crippen MR) is 124 cm³/mol. The maximum atomic E-state index is 13.0. The van der Waals surface area contributed by atoms with Crippen LogP contribution < -0.4 is 5.32 Å². The number of nitrogens with zero attached hydrogens (tertiary/aromatic N) is 4. The number of thiophene rings is 1. The highest BCUT2D eigenvalue weighted by atomic mass is 32.1. The van der Waals surface area contributed by atoms with Crippen molar-refractivity contribution in [3.63, 3.8) is 0 Å². The highest BCUT2D eigenvalue weighted by Crippen LogP contribution is 2.26. The summed E-state index contributed by atoms with van der Waals surface area (Å²) < 4.78 is 1.67. The van der Waals surface area contributed by atoms with Gasteiger partial charge in [-0.2, -0.15) is 0 Å². The van der Waals surface area contributed by atoms with E-state index in [0.717, 1.165) is 36.5 Å². The van der Waals surface area contributed by atoms with Crippen LogP contribution in [0.5, 0.6) is 0 Å². The van der Waals surface area contributed by atoms with E-state index >= 15 is 0 Å². The second-order valence-electron chi connectivity index (χ2n) is 7.52. The van der Waals surface area contributed by atoms with E-state index in [-0.39, 0.29) is 11.7 Å². The van der Waals surface area contributed by atoms with Crippen molar-refractivity contribution in [3.8, 4) is 16.4 Å². The monoisotopic (exact) mass is 443 g/mol. The largest absolute Gasteiger partial charge is 0.339 e. The lowest BCUT2D eigenvalue weighted by atomic mass is 10.1. The molecular weight excluding hydrogens is 422 g/mol. The number of carbonyl (C=O) groups is 2. The van der Waals surface area contributed by atoms with Crippen LogP contribution in [0.4, 0.5) is 5.69 Å². The maximum absolute atomic E-state index is 13.0. The van der Waals surface area contributed by atoms with Crippen molar-refractivity contribution in [2.75, 3.05) is 18.4 Å². The molecule has 0 atom stereocenters. The number of hydrogen-bond donors (Lipinski definition) is 1. The van der Waals surface area contributed by atoms with Crippen LogP contribution in [0.15, 0.2) is 72.1 Å². The Labute approximate surface area is 189 Å². The van der Waals surface area contributed by atoms with Gasteiger partial charge in [0.15, 0.2) is 5.82 Å². The average molecular weight is 444 g/mol. The number of amides is 2. The Morgan fingerprint density at radius 1 is 0.938 bits per heavy atom. The summed E-state index contributed by atoms with van der Waals surface area (Å²) >= 11 is 1.53. The molecule has 0 radical (unpaired) electrons. The number of para-hydroxylation sites is 1. The lowest BCUT2D eigenvalue weighted by Crippen LogP contribution is -2.27. The van der Waals surface area contributed by atoms with Gasteiger partial charge in [0.2, 0.25) is 5.82 Å². The molecule has 0 unspecified atom stereocenters. The fourth-order valence-electron chi connectivity index (χ4n) is 3.74. The van der Waals surface area contributed by atoms with Crippen molar-refractivity contribution in [1.29, 1.82) is 0 Å². The van der Waals surface area contributed by atoms with Gasteiger partial charge in [-0.1, -0.05) is 30.3 Å². The van der Waals surface area contributed by atoms with Crippen LogP contribution >= 0.6 is 11.3 Å². The molecule has 0 spiro atoms. The van der Waals surface area contributed by atoms with Gasteiger partial charge in [0.25, 0.3) is 11.8 Å². The van der Waals surface area contributed by atoms with Crippen molar-refractivity contribution in [2.24, 2.45) is 0 Å². The number of aromatic nitrogens is 3. The van der Waals surface area contributed by atoms with E-state index in [2.05, 4.69) is 15.4 Å². The zero-order valence-corrected chi connectivity index (χ0v) is 18.1. The number of benzene rings is 2. The Bertz CT molecular complexity index is 1240. The molecule has 1 fully saturated rings. The Balaban J connectivity index is 1.42. The summed E-state index contributed by atoms with van der Waals surface area (Å²) in [6.45, 7) is 1.56. The van der Waals surface area contributed by atoms with Crippen molar-refractivity contribution in [2.45, 2.75) is 12.8 Å². The Morgan fingerprint density at radius 2 is 1.75 bits per heavy atom. The van der Waals surface area contributed by atoms with Crippen LogP contribution in [0.1, 0.15) is 33.8 Å². The number of likely N-dealkylation sites (tertiary alicyclic amines) is 1. The minimum Gasteiger partial charge on any atom is -0.339 e. The SMILES string of the molecule is O=C(Nc1cccc(C(=O)N2CCCC2)c1)c1nc(-c2cccs2)n(-c2ccccc2)n1. The standard InChI is InChI=1S/C24H21N5O2S/c30-23(25-18-9-6-8-17(16-18)24(31)28-13-4-5-14-28)21-26-22(20-12-7-15-32-20)29(27-21)19-10-2-1-3-11-19/h1-3,6-12,15-16H,4-5,13-14H2,(H,25,30). The van der Waals surface area contributed by atoms with Crippen LogP contribution in [0.3, 0.4) is 0 Å². The van der Waals surface area contributed by atoms with E-state index in [1.807, 2.05) is 52.7 Å². The van der Waals surface area contributed by atoms with Gasteiger partial charge in [-0.3, -0.25) is 9.59 Å². The molecular formula is C24H21N5O2S. The summed E-state index contributed by atoms with van der Waals surface area (Å²) in [5.74, 6) is 0.233. The van der Waals surface area contributed by atoms with E-state index < -0.39 is 5.91 Å². The highest BCUT2D eigenvalue weighted by molar-refractivity contribution is 7.13. The molecule has 1 aliphatic heterocycles. The van der Waals surface area contributed by atoms with Gasteiger partial charge in [0, 0.05) is 24.3 Å². The zero-order valence-electron chi connectivity index (χ0n) is 17.3. The van der Waals surface area contributed by atoms with Crippen LogP contribution in [-0.4, -0.2) is 44.6 Å². The molecule has 0 saturated carbocycles. The first-order chi connectivity index (χ1) is 15.7. The van der Waals surface area contributed by atoms with Crippen LogP contribution in [-0.2, 0) is 0 Å². The Morgan fingerprint density at radius 3 is 2.50 bits per heavy atom. The number of hydrogen-bond acceptors (Lipinski definition) is 5. The highest BCUT2D eigenvalue weighted by Gasteiger charge is 2.22. The van der Waals surface area contributed by atoms with E-state index in [4.69, 9.17) is 0 Å². The molecule has 4 aromatic rings. The van der Waals surface area contributed by atoms with Crippen molar-refractivity contribution in [1.82, 2.24) is 19.7 Å². The minimum absolute atomic E-state index is 0.00920. The van der Waals surface area contributed by atoms with Gasteiger partial charge >= 0.3 is 0 Å². The van der Waals surface area contributed by atoms with E-state index in [0.29, 0.717) is 17.1 Å². The Hall–Kier alpha value is -3.78. The van der Waals surface area contributed by atoms with E-state index in [1.54, 1.807) is 28.9 Å². The molecule has 0 bridgehead atoms. The summed E-state index contributed by atoms with van der Waals surface area (Å²) in [5, 5.41) is 9.28. The third-order valence-electron chi connectivity index (χ3n) is 5.31. The molecule has 3 heterocycles. The normalized spacial score (nSPS) is 13.3. The number of rotatable bonds is 5. The minimum atomic E-state index is -0.428. The first-order valence-electron chi connectivity index (χ1n) is 10.5. The second-order valence-corrected chi connectivity index (χ2v) is 8.47. The van der Waals surface area contributed by atoms with Gasteiger partial charge in [0.1, 0.15) is 0 Å². The van der Waals surface area contributed by atoms with Crippen LogP contribution in [0.2, 0.25) is 0 Å². The number of nitrogens with one attached hydrogen (secondary N) is 1. The van der Waals surface area contributed by atoms with E-state index in [9.17, 15) is 9.59 Å². The average Bonchev–Trinajstić information content (AvgIpc) is 3.61. The first kappa shape index (κ1) is 20.1. The summed E-state index contributed by atoms with van der Waals surface area (Å²) in [4.78, 5) is 32.9. The Kier molecular flexibility index (Phi) is 5.51. The van der Waals surface area contributed by atoms with Crippen molar-refractivity contribution >= 4 is 28.8 Å². The summed E-state index contributed by atoms with van der Waals surface area (Å²) in [7, 11) is 0. The van der Waals surface area contributed by atoms with Crippen molar-refractivity contribution in [3.05, 3.63) is 83.5 Å². The lowest BCUT2D eigenvalue weighted by Gasteiger charge is -2.15. The van der Waals surface area contributed by atoms with Gasteiger partial charge in [-0.25, -0.2) is 9.67 Å². The zero-order chi connectivity index (χ0) is 21.9. The molecule has 2 aromatic carbocycles. The molecule has 32 heavy (non-hydrogen) atoms. The van der Waals surface area contributed by atoms with Gasteiger partial charge < -0.3 is 10.2 Å². The first-order valence-corrected chi connectivity index (χ1v) is 11.3. The fourth-order valence-corrected chi connectivity index (χ4v) is 4.44. The topological polar surface area (TPSA) is 80.1 Å².